The molecule has 1 aromatic rings. The third kappa shape index (κ3) is 4.29. The predicted octanol–water partition coefficient (Wildman–Crippen LogP) is 4.51. The van der Waals surface area contributed by atoms with E-state index in [4.69, 9.17) is 0 Å². The topological polar surface area (TPSA) is 41.6 Å². The van der Waals surface area contributed by atoms with Crippen molar-refractivity contribution in [1.29, 1.82) is 0 Å². The second kappa shape index (κ2) is 6.89. The zero-order valence-corrected chi connectivity index (χ0v) is 13.3. The molecule has 124 valence electrons. The van der Waals surface area contributed by atoms with Gasteiger partial charge in [0.1, 0.15) is 0 Å². The molecule has 22 heavy (non-hydrogen) atoms. The first-order chi connectivity index (χ1) is 10.1. The van der Waals surface area contributed by atoms with Gasteiger partial charge in [-0.05, 0) is 45.9 Å². The number of ether oxygens (including phenoxy) is 1. The fraction of sp³-hybridized carbons (Fsp3) is 0.533. The van der Waals surface area contributed by atoms with Crippen molar-refractivity contribution in [1.82, 2.24) is 0 Å². The summed E-state index contributed by atoms with van der Waals surface area (Å²) in [7, 11) is 1.16. The lowest BCUT2D eigenvalue weighted by Crippen LogP contribution is -2.37. The van der Waals surface area contributed by atoms with Crippen LogP contribution in [-0.4, -0.2) is 25.3 Å². The fourth-order valence-electron chi connectivity index (χ4n) is 2.35. The second-order valence-corrected chi connectivity index (χ2v) is 5.44. The molecule has 0 aliphatic heterocycles. The number of amides is 1. The Hall–Kier alpha value is -1.92. The molecule has 0 heterocycles. The van der Waals surface area contributed by atoms with Crippen LogP contribution in [0.25, 0.3) is 0 Å². The molecule has 1 aromatic carbocycles. The van der Waals surface area contributed by atoms with Gasteiger partial charge in [0.25, 0.3) is 0 Å². The molecule has 4 nitrogen and oxygen atoms in total. The van der Waals surface area contributed by atoms with E-state index in [2.05, 4.69) is 10.1 Å². The van der Waals surface area contributed by atoms with Crippen LogP contribution >= 0.6 is 0 Å². The molecule has 0 saturated carbocycles. The van der Waals surface area contributed by atoms with Gasteiger partial charge in [0.05, 0.1) is 24.0 Å². The van der Waals surface area contributed by atoms with E-state index in [1.165, 1.54) is 6.07 Å². The average Bonchev–Trinajstić information content (AvgIpc) is 2.38. The minimum Gasteiger partial charge on any atom is -0.453 e. The number of carbonyl (C=O) groups is 1. The summed E-state index contributed by atoms with van der Waals surface area (Å²) in [5.41, 5.74) is -0.234. The number of rotatable bonds is 4. The number of nitrogens with zero attached hydrogens (tertiary/aromatic N) is 1. The lowest BCUT2D eigenvalue weighted by molar-refractivity contribution is -0.137. The van der Waals surface area contributed by atoms with Crippen LogP contribution in [0.5, 0.6) is 0 Å². The van der Waals surface area contributed by atoms with Crippen LogP contribution < -0.4 is 10.2 Å². The van der Waals surface area contributed by atoms with Crippen molar-refractivity contribution in [2.45, 2.75) is 46.0 Å². The standard InChI is InChI=1S/C15H21F3N2O2/c1-9(2)20(10(3)4)13-7-6-11(15(16,17)18)8-12(13)19-14(21)22-5/h6-10H,1-5H3,(H,19,21). The summed E-state index contributed by atoms with van der Waals surface area (Å²) in [5.74, 6) is 0. The molecular weight excluding hydrogens is 297 g/mol. The molecule has 7 heteroatoms. The molecule has 0 aliphatic carbocycles. The summed E-state index contributed by atoms with van der Waals surface area (Å²) in [4.78, 5) is 13.3. The Kier molecular flexibility index (Phi) is 5.68. The number of carbonyl (C=O) groups excluding carboxylic acids is 1. The van der Waals surface area contributed by atoms with Gasteiger partial charge < -0.3 is 9.64 Å². The van der Waals surface area contributed by atoms with E-state index in [0.29, 0.717) is 5.69 Å². The fourth-order valence-corrected chi connectivity index (χ4v) is 2.35. The van der Waals surface area contributed by atoms with Gasteiger partial charge in [-0.3, -0.25) is 5.32 Å². The number of anilines is 2. The van der Waals surface area contributed by atoms with Gasteiger partial charge >= 0.3 is 12.3 Å². The maximum absolute atomic E-state index is 12.9. The van der Waals surface area contributed by atoms with Gasteiger partial charge in [-0.15, -0.1) is 0 Å². The Morgan fingerprint density at radius 1 is 1.18 bits per heavy atom. The Balaban J connectivity index is 3.39. The van der Waals surface area contributed by atoms with Crippen molar-refractivity contribution in [3.63, 3.8) is 0 Å². The number of hydrogen-bond acceptors (Lipinski definition) is 3. The Bertz CT molecular complexity index is 520. The summed E-state index contributed by atoms with van der Waals surface area (Å²) in [5, 5.41) is 2.36. The number of benzene rings is 1. The van der Waals surface area contributed by atoms with Gasteiger partial charge in [-0.2, -0.15) is 13.2 Å². The van der Waals surface area contributed by atoms with Gasteiger partial charge in [0.2, 0.25) is 0 Å². The number of nitrogens with one attached hydrogen (secondary N) is 1. The molecule has 0 fully saturated rings. The zero-order chi connectivity index (χ0) is 17.1. The summed E-state index contributed by atoms with van der Waals surface area (Å²) in [6.07, 6.45) is -5.29. The van der Waals surface area contributed by atoms with Crippen LogP contribution in [0.3, 0.4) is 0 Å². The lowest BCUT2D eigenvalue weighted by atomic mass is 10.1. The van der Waals surface area contributed by atoms with Crippen molar-refractivity contribution in [2.75, 3.05) is 17.3 Å². The molecule has 0 aromatic heterocycles. The maximum Gasteiger partial charge on any atom is 0.416 e. The van der Waals surface area contributed by atoms with E-state index in [1.807, 2.05) is 32.6 Å². The summed E-state index contributed by atoms with van der Waals surface area (Å²) < 4.78 is 43.1. The van der Waals surface area contributed by atoms with E-state index < -0.39 is 17.8 Å². The highest BCUT2D eigenvalue weighted by Crippen LogP contribution is 2.36. The first kappa shape index (κ1) is 18.1. The highest BCUT2D eigenvalue weighted by Gasteiger charge is 2.32. The van der Waals surface area contributed by atoms with Crippen LogP contribution in [0.15, 0.2) is 18.2 Å². The van der Waals surface area contributed by atoms with Crippen molar-refractivity contribution < 1.29 is 22.7 Å². The summed E-state index contributed by atoms with van der Waals surface area (Å²) in [6.45, 7) is 7.72. The smallest absolute Gasteiger partial charge is 0.416 e. The first-order valence-corrected chi connectivity index (χ1v) is 6.92. The normalized spacial score (nSPS) is 11.7. The Morgan fingerprint density at radius 3 is 2.14 bits per heavy atom. The number of alkyl halides is 3. The van der Waals surface area contributed by atoms with Gasteiger partial charge in [0, 0.05) is 12.1 Å². The molecule has 1 rings (SSSR count). The van der Waals surface area contributed by atoms with E-state index in [0.717, 1.165) is 19.2 Å². The van der Waals surface area contributed by atoms with Crippen LogP contribution in [0.2, 0.25) is 0 Å². The van der Waals surface area contributed by atoms with Crippen molar-refractivity contribution in [3.8, 4) is 0 Å². The molecular formula is C15H21F3N2O2. The molecule has 0 unspecified atom stereocenters. The molecule has 0 aliphatic rings. The highest BCUT2D eigenvalue weighted by molar-refractivity contribution is 5.90. The number of halogens is 3. The zero-order valence-electron chi connectivity index (χ0n) is 13.3. The Labute approximate surface area is 128 Å². The molecule has 1 amide bonds. The summed E-state index contributed by atoms with van der Waals surface area (Å²) in [6, 6.07) is 3.40. The maximum atomic E-state index is 12.9. The quantitative estimate of drug-likeness (QED) is 0.888. The highest BCUT2D eigenvalue weighted by atomic mass is 19.4. The van der Waals surface area contributed by atoms with Crippen molar-refractivity contribution in [3.05, 3.63) is 23.8 Å². The van der Waals surface area contributed by atoms with Crippen LogP contribution in [0.1, 0.15) is 33.3 Å². The van der Waals surface area contributed by atoms with Crippen LogP contribution in [-0.2, 0) is 10.9 Å². The largest absolute Gasteiger partial charge is 0.453 e. The molecule has 0 spiro atoms. The third-order valence-corrected chi connectivity index (χ3v) is 3.14. The minimum atomic E-state index is -4.48. The monoisotopic (exact) mass is 318 g/mol. The number of hydrogen-bond donors (Lipinski definition) is 1. The van der Waals surface area contributed by atoms with Crippen molar-refractivity contribution in [2.24, 2.45) is 0 Å². The molecule has 0 radical (unpaired) electrons. The SMILES string of the molecule is COC(=O)Nc1cc(C(F)(F)F)ccc1N(C(C)C)C(C)C. The van der Waals surface area contributed by atoms with Gasteiger partial charge in [-0.25, -0.2) is 4.79 Å². The third-order valence-electron chi connectivity index (χ3n) is 3.14. The predicted molar refractivity (Wildman–Crippen MR) is 80.2 cm³/mol. The molecule has 0 saturated heterocycles. The second-order valence-electron chi connectivity index (χ2n) is 5.44. The van der Waals surface area contributed by atoms with E-state index in [1.54, 1.807) is 0 Å². The van der Waals surface area contributed by atoms with Crippen molar-refractivity contribution >= 4 is 17.5 Å². The minimum absolute atomic E-state index is 0.0509. The van der Waals surface area contributed by atoms with Gasteiger partial charge in [0.15, 0.2) is 0 Å². The Morgan fingerprint density at radius 2 is 1.73 bits per heavy atom. The first-order valence-electron chi connectivity index (χ1n) is 6.92. The molecule has 1 N–H and O–H groups in total. The van der Waals surface area contributed by atoms with E-state index in [9.17, 15) is 18.0 Å². The molecule has 0 atom stereocenters. The summed E-state index contributed by atoms with van der Waals surface area (Å²) >= 11 is 0. The van der Waals surface area contributed by atoms with Crippen LogP contribution in [0, 0.1) is 0 Å². The van der Waals surface area contributed by atoms with E-state index >= 15 is 0 Å². The average molecular weight is 318 g/mol. The van der Waals surface area contributed by atoms with Crippen LogP contribution in [0.4, 0.5) is 29.3 Å². The van der Waals surface area contributed by atoms with E-state index in [-0.39, 0.29) is 17.8 Å². The molecule has 0 bridgehead atoms. The van der Waals surface area contributed by atoms with Gasteiger partial charge in [-0.1, -0.05) is 0 Å². The lowest BCUT2D eigenvalue weighted by Gasteiger charge is -2.34. The number of methoxy groups -OCH3 is 1.